The van der Waals surface area contributed by atoms with Crippen LogP contribution in [0.2, 0.25) is 0 Å². The summed E-state index contributed by atoms with van der Waals surface area (Å²) in [6, 6.07) is 0. The Balaban J connectivity index is -0.000000720. The second-order valence-corrected chi connectivity index (χ2v) is 2.39. The number of aliphatic hydroxyl groups excluding tert-OH is 4. The molecule has 78 valence electrons. The van der Waals surface area contributed by atoms with E-state index >= 15 is 0 Å². The van der Waals surface area contributed by atoms with Gasteiger partial charge in [0.2, 0.25) is 0 Å². The van der Waals surface area contributed by atoms with E-state index < -0.39 is 30.4 Å². The Bertz CT molecular complexity index is 202. The third-order valence-electron chi connectivity index (χ3n) is 1.42. The van der Waals surface area contributed by atoms with Crippen molar-refractivity contribution in [2.75, 3.05) is 0 Å². The van der Waals surface area contributed by atoms with Gasteiger partial charge in [-0.25, -0.2) is 4.79 Å². The maximum Gasteiger partial charge on any atom is 1.00 e. The van der Waals surface area contributed by atoms with Gasteiger partial charge in [-0.2, -0.15) is 0 Å². The topological polar surface area (TPSA) is 135 Å². The van der Waals surface area contributed by atoms with Crippen molar-refractivity contribution in [2.24, 2.45) is 0 Å². The summed E-state index contributed by atoms with van der Waals surface area (Å²) in [6.07, 6.45) is -8.39. The minimum absolute atomic E-state index is 0. The number of aliphatic hydroxyl groups is 4. The molecule has 0 heterocycles. The van der Waals surface area contributed by atoms with Gasteiger partial charge in [0.05, 0.1) is 0 Å². The van der Waals surface area contributed by atoms with Crippen LogP contribution >= 0.6 is 0 Å². The zero-order valence-electron chi connectivity index (χ0n) is 8.44. The SMILES string of the molecule is O=C[C@H](O)[C@H](O)[C@@H](O)[C@H](O)C(=O)O.[H-].[Na+]. The predicted molar refractivity (Wildman–Crippen MR) is 38.8 cm³/mol. The van der Waals surface area contributed by atoms with Gasteiger partial charge in [0.1, 0.15) is 18.3 Å². The molecule has 8 heteroatoms. The molecular formula is C6H11NaO7. The molecule has 0 saturated heterocycles. The van der Waals surface area contributed by atoms with Gasteiger partial charge in [-0.05, 0) is 0 Å². The Morgan fingerprint density at radius 3 is 1.86 bits per heavy atom. The van der Waals surface area contributed by atoms with Crippen LogP contribution in [-0.2, 0) is 9.59 Å². The van der Waals surface area contributed by atoms with Gasteiger partial charge in [0.15, 0.2) is 12.4 Å². The number of aliphatic carboxylic acids is 1. The van der Waals surface area contributed by atoms with Crippen LogP contribution in [0.1, 0.15) is 1.43 Å². The van der Waals surface area contributed by atoms with E-state index in [1.165, 1.54) is 0 Å². The molecule has 0 aliphatic rings. The van der Waals surface area contributed by atoms with Crippen LogP contribution in [0.5, 0.6) is 0 Å². The van der Waals surface area contributed by atoms with Gasteiger partial charge < -0.3 is 31.8 Å². The second kappa shape index (κ2) is 7.30. The van der Waals surface area contributed by atoms with Crippen molar-refractivity contribution in [2.45, 2.75) is 24.4 Å². The van der Waals surface area contributed by atoms with E-state index in [0.29, 0.717) is 0 Å². The minimum Gasteiger partial charge on any atom is -1.00 e. The number of hydrogen-bond donors (Lipinski definition) is 5. The Labute approximate surface area is 103 Å². The number of aldehydes is 1. The Morgan fingerprint density at radius 2 is 1.57 bits per heavy atom. The summed E-state index contributed by atoms with van der Waals surface area (Å²) in [6.45, 7) is 0. The van der Waals surface area contributed by atoms with Crippen LogP contribution in [0.25, 0.3) is 0 Å². The standard InChI is InChI=1S/C6H10O7.Na.H/c7-1-2(8)3(9)4(10)5(11)6(12)13;;/h1-5,8-11H,(H,12,13);;/q;+1;-1/t2-,3-,4+,5-;;/m0../s1. The van der Waals surface area contributed by atoms with Crippen molar-refractivity contribution in [1.29, 1.82) is 0 Å². The summed E-state index contributed by atoms with van der Waals surface area (Å²) in [7, 11) is 0. The molecule has 4 atom stereocenters. The van der Waals surface area contributed by atoms with Crippen molar-refractivity contribution >= 4 is 12.3 Å². The van der Waals surface area contributed by atoms with E-state index in [-0.39, 0.29) is 37.3 Å². The van der Waals surface area contributed by atoms with Crippen LogP contribution in [0.4, 0.5) is 0 Å². The first kappa shape index (κ1) is 16.4. The molecule has 0 aromatic heterocycles. The largest absolute Gasteiger partial charge is 1.00 e. The van der Waals surface area contributed by atoms with E-state index in [0.717, 1.165) is 0 Å². The maximum absolute atomic E-state index is 10.1. The third-order valence-corrected chi connectivity index (χ3v) is 1.42. The van der Waals surface area contributed by atoms with Gasteiger partial charge >= 0.3 is 35.5 Å². The molecule has 0 aliphatic heterocycles. The maximum atomic E-state index is 10.1. The fourth-order valence-electron chi connectivity index (χ4n) is 0.615. The van der Waals surface area contributed by atoms with Gasteiger partial charge in [0, 0.05) is 0 Å². The molecule has 0 rings (SSSR count). The number of rotatable bonds is 5. The minimum atomic E-state index is -2.25. The summed E-state index contributed by atoms with van der Waals surface area (Å²) in [4.78, 5) is 20.0. The summed E-state index contributed by atoms with van der Waals surface area (Å²) in [5.41, 5.74) is 0. The monoisotopic (exact) mass is 218 g/mol. The number of carbonyl (C=O) groups is 2. The van der Waals surface area contributed by atoms with Crippen LogP contribution in [0, 0.1) is 0 Å². The molecule has 0 spiro atoms. The molecule has 0 aromatic rings. The summed E-state index contributed by atoms with van der Waals surface area (Å²) < 4.78 is 0. The van der Waals surface area contributed by atoms with E-state index in [9.17, 15) is 9.59 Å². The molecule has 5 N–H and O–H groups in total. The van der Waals surface area contributed by atoms with E-state index in [2.05, 4.69) is 0 Å². The zero-order chi connectivity index (χ0) is 10.6. The van der Waals surface area contributed by atoms with Crippen LogP contribution < -0.4 is 29.6 Å². The summed E-state index contributed by atoms with van der Waals surface area (Å²) in [5.74, 6) is -1.76. The number of carboxylic acids is 1. The molecule has 0 aliphatic carbocycles. The normalized spacial score (nSPS) is 18.6. The van der Waals surface area contributed by atoms with Crippen molar-refractivity contribution in [3.8, 4) is 0 Å². The fraction of sp³-hybridized carbons (Fsp3) is 0.667. The van der Waals surface area contributed by atoms with Gasteiger partial charge in [-0.1, -0.05) is 0 Å². The van der Waals surface area contributed by atoms with Gasteiger partial charge in [0.25, 0.3) is 0 Å². The Kier molecular flexibility index (Phi) is 8.55. The molecule has 0 fully saturated rings. The number of carboxylic acid groups (broad SMARTS) is 1. The number of hydrogen-bond acceptors (Lipinski definition) is 6. The summed E-state index contributed by atoms with van der Waals surface area (Å²) in [5, 5.41) is 43.2. The van der Waals surface area contributed by atoms with Crippen molar-refractivity contribution < 1.29 is 66.1 Å². The quantitative estimate of drug-likeness (QED) is 0.229. The van der Waals surface area contributed by atoms with E-state index in [1.807, 2.05) is 0 Å². The van der Waals surface area contributed by atoms with Crippen LogP contribution in [0.3, 0.4) is 0 Å². The van der Waals surface area contributed by atoms with Gasteiger partial charge in [-0.15, -0.1) is 0 Å². The van der Waals surface area contributed by atoms with E-state index in [1.54, 1.807) is 0 Å². The Morgan fingerprint density at radius 1 is 1.14 bits per heavy atom. The van der Waals surface area contributed by atoms with Crippen molar-refractivity contribution in [1.82, 2.24) is 0 Å². The van der Waals surface area contributed by atoms with Crippen LogP contribution in [-0.4, -0.2) is 62.2 Å². The molecule has 7 nitrogen and oxygen atoms in total. The second-order valence-electron chi connectivity index (χ2n) is 2.39. The molecule has 0 saturated carbocycles. The first-order valence-corrected chi connectivity index (χ1v) is 3.32. The molecule has 0 bridgehead atoms. The summed E-state index contributed by atoms with van der Waals surface area (Å²) >= 11 is 0. The average molecular weight is 218 g/mol. The van der Waals surface area contributed by atoms with Crippen molar-refractivity contribution in [3.63, 3.8) is 0 Å². The zero-order valence-corrected chi connectivity index (χ0v) is 9.44. The predicted octanol–water partition coefficient (Wildman–Crippen LogP) is -6.17. The fourth-order valence-corrected chi connectivity index (χ4v) is 0.615. The molecule has 0 radical (unpaired) electrons. The molecule has 0 aromatic carbocycles. The first-order valence-electron chi connectivity index (χ1n) is 3.32. The number of carbonyl (C=O) groups excluding carboxylic acids is 1. The molecular weight excluding hydrogens is 207 g/mol. The first-order chi connectivity index (χ1) is 5.91. The average Bonchev–Trinajstić information content (AvgIpc) is 2.12. The smallest absolute Gasteiger partial charge is 1.00 e. The van der Waals surface area contributed by atoms with Crippen LogP contribution in [0.15, 0.2) is 0 Å². The van der Waals surface area contributed by atoms with Gasteiger partial charge in [-0.3, -0.25) is 0 Å². The molecule has 0 amide bonds. The molecule has 14 heavy (non-hydrogen) atoms. The molecule has 0 unspecified atom stereocenters. The van der Waals surface area contributed by atoms with Crippen molar-refractivity contribution in [3.05, 3.63) is 0 Å². The van der Waals surface area contributed by atoms with E-state index in [4.69, 9.17) is 25.5 Å². The Hall–Kier alpha value is -0.0200. The third kappa shape index (κ3) is 4.47.